The number of carboxylic acids is 1. The molecule has 1 N–H and O–H groups in total. The molecule has 1 aliphatic heterocycles. The van der Waals surface area contributed by atoms with E-state index in [2.05, 4.69) is 0 Å². The fraction of sp³-hybridized carbons (Fsp3) is 0.900. The number of carbonyl (C=O) groups is 1. The normalized spacial score (nSPS) is 22.7. The first-order valence-electron chi connectivity index (χ1n) is 4.71. The molecule has 1 aliphatic rings. The molecule has 3 nitrogen and oxygen atoms in total. The minimum absolute atomic E-state index is 0.192. The summed E-state index contributed by atoms with van der Waals surface area (Å²) < 4.78 is 5.21. The lowest BCUT2D eigenvalue weighted by Crippen LogP contribution is -2.47. The summed E-state index contributed by atoms with van der Waals surface area (Å²) in [6.07, 6.45) is 1.26. The summed E-state index contributed by atoms with van der Waals surface area (Å²) in [5.41, 5.74) is -0.784. The Kier molecular flexibility index (Phi) is 2.66. The Morgan fingerprint density at radius 1 is 1.31 bits per heavy atom. The first-order chi connectivity index (χ1) is 5.90. The van der Waals surface area contributed by atoms with Crippen LogP contribution in [-0.2, 0) is 9.53 Å². The van der Waals surface area contributed by atoms with Gasteiger partial charge in [0.25, 0.3) is 0 Å². The summed E-state index contributed by atoms with van der Waals surface area (Å²) in [5, 5.41) is 9.27. The monoisotopic (exact) mass is 186 g/mol. The van der Waals surface area contributed by atoms with E-state index in [1.807, 2.05) is 20.8 Å². The van der Waals surface area contributed by atoms with Gasteiger partial charge in [-0.15, -0.1) is 0 Å². The number of ether oxygens (including phenoxy) is 1. The second-order valence-corrected chi connectivity index (χ2v) is 4.75. The van der Waals surface area contributed by atoms with Crippen molar-refractivity contribution in [2.24, 2.45) is 10.8 Å². The Morgan fingerprint density at radius 2 is 1.77 bits per heavy atom. The van der Waals surface area contributed by atoms with Crippen molar-refractivity contribution in [1.29, 1.82) is 0 Å². The predicted molar refractivity (Wildman–Crippen MR) is 49.6 cm³/mol. The molecule has 13 heavy (non-hydrogen) atoms. The van der Waals surface area contributed by atoms with E-state index in [-0.39, 0.29) is 5.41 Å². The van der Waals surface area contributed by atoms with Crippen LogP contribution in [0.2, 0.25) is 0 Å². The molecule has 3 heteroatoms. The Morgan fingerprint density at radius 3 is 2.00 bits per heavy atom. The number of rotatable bonds is 1. The van der Waals surface area contributed by atoms with Crippen molar-refractivity contribution in [3.05, 3.63) is 0 Å². The second kappa shape index (κ2) is 3.29. The molecular formula is C10H18O3. The molecule has 0 spiro atoms. The highest BCUT2D eigenvalue weighted by Gasteiger charge is 2.49. The molecule has 0 aliphatic carbocycles. The maximum atomic E-state index is 11.3. The highest BCUT2D eigenvalue weighted by Crippen LogP contribution is 2.46. The molecule has 0 saturated carbocycles. The lowest BCUT2D eigenvalue weighted by atomic mass is 9.62. The van der Waals surface area contributed by atoms with Gasteiger partial charge < -0.3 is 9.84 Å². The van der Waals surface area contributed by atoms with Gasteiger partial charge in [-0.3, -0.25) is 4.79 Å². The summed E-state index contributed by atoms with van der Waals surface area (Å²) in [6, 6.07) is 0. The zero-order valence-corrected chi connectivity index (χ0v) is 8.59. The van der Waals surface area contributed by atoms with Crippen LogP contribution in [0, 0.1) is 10.8 Å². The van der Waals surface area contributed by atoms with Crippen molar-refractivity contribution < 1.29 is 14.6 Å². The number of hydrogen-bond donors (Lipinski definition) is 1. The van der Waals surface area contributed by atoms with E-state index in [0.29, 0.717) is 26.1 Å². The van der Waals surface area contributed by atoms with E-state index in [1.165, 1.54) is 0 Å². The molecular weight excluding hydrogens is 168 g/mol. The maximum Gasteiger partial charge on any atom is 0.310 e. The van der Waals surface area contributed by atoms with Gasteiger partial charge in [0.1, 0.15) is 0 Å². The van der Waals surface area contributed by atoms with Crippen LogP contribution in [0.1, 0.15) is 33.6 Å². The highest BCUT2D eigenvalue weighted by molar-refractivity contribution is 5.75. The summed E-state index contributed by atoms with van der Waals surface area (Å²) in [7, 11) is 0. The van der Waals surface area contributed by atoms with E-state index in [9.17, 15) is 9.90 Å². The molecule has 0 aromatic rings. The first kappa shape index (κ1) is 10.5. The number of carboxylic acid groups (broad SMARTS) is 1. The SMILES string of the molecule is CC(C)(C)C1(C(=O)O)CCOCC1. The summed E-state index contributed by atoms with van der Waals surface area (Å²) in [6.45, 7) is 7.12. The number of aliphatic carboxylic acids is 1. The molecule has 0 aromatic carbocycles. The van der Waals surface area contributed by atoms with Gasteiger partial charge in [0.15, 0.2) is 0 Å². The zero-order valence-electron chi connectivity index (χ0n) is 8.59. The summed E-state index contributed by atoms with van der Waals surface area (Å²) in [4.78, 5) is 11.3. The Balaban J connectivity index is 2.93. The molecule has 0 aromatic heterocycles. The number of hydrogen-bond acceptors (Lipinski definition) is 2. The molecule has 0 amide bonds. The van der Waals surface area contributed by atoms with E-state index >= 15 is 0 Å². The van der Waals surface area contributed by atoms with Crippen LogP contribution in [0.3, 0.4) is 0 Å². The lowest BCUT2D eigenvalue weighted by molar-refractivity contribution is -0.165. The predicted octanol–water partition coefficient (Wildman–Crippen LogP) is 1.91. The fourth-order valence-corrected chi connectivity index (χ4v) is 2.00. The largest absolute Gasteiger partial charge is 0.481 e. The molecule has 1 rings (SSSR count). The van der Waals surface area contributed by atoms with E-state index in [1.54, 1.807) is 0 Å². The third kappa shape index (κ3) is 1.70. The molecule has 0 atom stereocenters. The quantitative estimate of drug-likeness (QED) is 0.680. The van der Waals surface area contributed by atoms with Crippen LogP contribution in [0.25, 0.3) is 0 Å². The van der Waals surface area contributed by atoms with Crippen molar-refractivity contribution in [2.75, 3.05) is 13.2 Å². The van der Waals surface area contributed by atoms with E-state index in [4.69, 9.17) is 4.74 Å². The third-order valence-electron chi connectivity index (χ3n) is 3.19. The van der Waals surface area contributed by atoms with Crippen molar-refractivity contribution in [1.82, 2.24) is 0 Å². The topological polar surface area (TPSA) is 46.5 Å². The maximum absolute atomic E-state index is 11.3. The molecule has 1 fully saturated rings. The van der Waals surface area contributed by atoms with Crippen LogP contribution < -0.4 is 0 Å². The van der Waals surface area contributed by atoms with Gasteiger partial charge in [-0.25, -0.2) is 0 Å². The summed E-state index contributed by atoms with van der Waals surface area (Å²) in [5.74, 6) is -0.677. The molecule has 1 heterocycles. The average molecular weight is 186 g/mol. The zero-order chi connectivity index (χ0) is 10.1. The fourth-order valence-electron chi connectivity index (χ4n) is 2.00. The van der Waals surface area contributed by atoms with Crippen LogP contribution in [0.4, 0.5) is 0 Å². The molecule has 0 unspecified atom stereocenters. The molecule has 1 saturated heterocycles. The minimum atomic E-state index is -0.677. The van der Waals surface area contributed by atoms with Gasteiger partial charge in [0.05, 0.1) is 5.41 Å². The van der Waals surface area contributed by atoms with Crippen LogP contribution in [0.15, 0.2) is 0 Å². The Labute approximate surface area is 79.1 Å². The van der Waals surface area contributed by atoms with Gasteiger partial charge in [-0.1, -0.05) is 20.8 Å². The Hall–Kier alpha value is -0.570. The summed E-state index contributed by atoms with van der Waals surface area (Å²) >= 11 is 0. The van der Waals surface area contributed by atoms with Crippen molar-refractivity contribution in [2.45, 2.75) is 33.6 Å². The van der Waals surface area contributed by atoms with Crippen molar-refractivity contribution in [3.8, 4) is 0 Å². The lowest BCUT2D eigenvalue weighted by Gasteiger charge is -2.43. The standard InChI is InChI=1S/C10H18O3/c1-9(2,3)10(8(11)12)4-6-13-7-5-10/h4-7H2,1-3H3,(H,11,12). The van der Waals surface area contributed by atoms with Gasteiger partial charge in [-0.2, -0.15) is 0 Å². The van der Waals surface area contributed by atoms with E-state index < -0.39 is 11.4 Å². The third-order valence-corrected chi connectivity index (χ3v) is 3.19. The van der Waals surface area contributed by atoms with E-state index in [0.717, 1.165) is 0 Å². The minimum Gasteiger partial charge on any atom is -0.481 e. The molecule has 0 radical (unpaired) electrons. The van der Waals surface area contributed by atoms with Gasteiger partial charge >= 0.3 is 5.97 Å². The highest BCUT2D eigenvalue weighted by atomic mass is 16.5. The molecule has 76 valence electrons. The van der Waals surface area contributed by atoms with Crippen LogP contribution in [0.5, 0.6) is 0 Å². The second-order valence-electron chi connectivity index (χ2n) is 4.75. The smallest absolute Gasteiger partial charge is 0.310 e. The van der Waals surface area contributed by atoms with Crippen molar-refractivity contribution >= 4 is 5.97 Å². The Bertz CT molecular complexity index is 197. The van der Waals surface area contributed by atoms with Gasteiger partial charge in [-0.05, 0) is 18.3 Å². The molecule has 0 bridgehead atoms. The van der Waals surface area contributed by atoms with Crippen LogP contribution in [-0.4, -0.2) is 24.3 Å². The average Bonchev–Trinajstić information content (AvgIpc) is 2.03. The first-order valence-corrected chi connectivity index (χ1v) is 4.71. The van der Waals surface area contributed by atoms with Crippen molar-refractivity contribution in [3.63, 3.8) is 0 Å². The van der Waals surface area contributed by atoms with Gasteiger partial charge in [0, 0.05) is 13.2 Å². The van der Waals surface area contributed by atoms with Crippen LogP contribution >= 0.6 is 0 Å². The van der Waals surface area contributed by atoms with Gasteiger partial charge in [0.2, 0.25) is 0 Å².